The van der Waals surface area contributed by atoms with Crippen molar-refractivity contribution in [2.24, 2.45) is 4.99 Å². The third-order valence-corrected chi connectivity index (χ3v) is 3.88. The van der Waals surface area contributed by atoms with Gasteiger partial charge in [0.25, 0.3) is 0 Å². The zero-order valence-corrected chi connectivity index (χ0v) is 16.6. The van der Waals surface area contributed by atoms with Gasteiger partial charge in [0.2, 0.25) is 0 Å². The lowest BCUT2D eigenvalue weighted by Crippen LogP contribution is -2.40. The summed E-state index contributed by atoms with van der Waals surface area (Å²) in [6, 6.07) is 16.6. The first kappa shape index (κ1) is 21.4. The Morgan fingerprint density at radius 2 is 1.76 bits per heavy atom. The molecule has 0 aliphatic rings. The van der Waals surface area contributed by atoms with Crippen molar-refractivity contribution in [2.75, 3.05) is 26.7 Å². The Morgan fingerprint density at radius 3 is 2.40 bits per heavy atom. The fraction of sp³-hybridized carbons (Fsp3) is 0.316. The summed E-state index contributed by atoms with van der Waals surface area (Å²) in [6.45, 7) is 1.21. The molecule has 0 bridgehead atoms. The number of aliphatic hydroxyl groups excluding tert-OH is 1. The Labute approximate surface area is 165 Å². The molecule has 3 N–H and O–H groups in total. The highest BCUT2D eigenvalue weighted by atomic mass is 127. The van der Waals surface area contributed by atoms with E-state index in [4.69, 9.17) is 0 Å². The molecular formula is C19H25FIN3O. The van der Waals surface area contributed by atoms with Gasteiger partial charge in [0.05, 0.1) is 6.61 Å². The lowest BCUT2D eigenvalue weighted by molar-refractivity contribution is 0.265. The van der Waals surface area contributed by atoms with Gasteiger partial charge in [-0.3, -0.25) is 4.99 Å². The molecule has 0 aromatic heterocycles. The molecule has 0 saturated carbocycles. The Bertz CT molecular complexity index is 652. The molecule has 0 aliphatic carbocycles. The third-order valence-electron chi connectivity index (χ3n) is 3.88. The van der Waals surface area contributed by atoms with Crippen LogP contribution in [0.15, 0.2) is 59.6 Å². The SMILES string of the molecule is CN=C(NCCc1ccccc1F)NCC(CO)c1ccccc1.I. The van der Waals surface area contributed by atoms with Crippen LogP contribution in [0.2, 0.25) is 0 Å². The minimum Gasteiger partial charge on any atom is -0.396 e. The van der Waals surface area contributed by atoms with E-state index < -0.39 is 0 Å². The summed E-state index contributed by atoms with van der Waals surface area (Å²) in [4.78, 5) is 4.16. The number of hydrogen-bond donors (Lipinski definition) is 3. The molecular weight excluding hydrogens is 432 g/mol. The van der Waals surface area contributed by atoms with E-state index in [1.165, 1.54) is 6.07 Å². The van der Waals surface area contributed by atoms with Gasteiger partial charge < -0.3 is 15.7 Å². The molecule has 4 nitrogen and oxygen atoms in total. The number of nitrogens with zero attached hydrogens (tertiary/aromatic N) is 1. The number of benzene rings is 2. The molecule has 0 heterocycles. The second kappa shape index (κ2) is 11.8. The number of halogens is 2. The first-order valence-corrected chi connectivity index (χ1v) is 8.08. The van der Waals surface area contributed by atoms with Crippen LogP contribution in [0.4, 0.5) is 4.39 Å². The summed E-state index contributed by atoms with van der Waals surface area (Å²) in [5.74, 6) is 0.448. The van der Waals surface area contributed by atoms with E-state index in [2.05, 4.69) is 15.6 Å². The Hall–Kier alpha value is -1.67. The van der Waals surface area contributed by atoms with E-state index in [9.17, 15) is 9.50 Å². The second-order valence-electron chi connectivity index (χ2n) is 5.51. The van der Waals surface area contributed by atoms with Crippen LogP contribution in [-0.4, -0.2) is 37.8 Å². The average Bonchev–Trinajstić information content (AvgIpc) is 2.63. The standard InChI is InChI=1S/C19H24FN3O.HI/c1-21-19(22-12-11-16-9-5-6-10-18(16)20)23-13-17(14-24)15-7-3-2-4-8-15;/h2-10,17,24H,11-14H2,1H3,(H2,21,22,23);1H. The molecule has 6 heteroatoms. The first-order valence-electron chi connectivity index (χ1n) is 8.08. The van der Waals surface area contributed by atoms with E-state index in [0.717, 1.165) is 5.56 Å². The Kier molecular flexibility index (Phi) is 10.1. The molecule has 136 valence electrons. The van der Waals surface area contributed by atoms with Gasteiger partial charge in [-0.1, -0.05) is 48.5 Å². The van der Waals surface area contributed by atoms with Gasteiger partial charge in [-0.25, -0.2) is 4.39 Å². The van der Waals surface area contributed by atoms with E-state index in [1.807, 2.05) is 36.4 Å². The van der Waals surface area contributed by atoms with Gasteiger partial charge >= 0.3 is 0 Å². The Morgan fingerprint density at radius 1 is 1.08 bits per heavy atom. The van der Waals surface area contributed by atoms with Gasteiger partial charge in [0.15, 0.2) is 5.96 Å². The number of nitrogens with one attached hydrogen (secondary N) is 2. The smallest absolute Gasteiger partial charge is 0.191 e. The van der Waals surface area contributed by atoms with Gasteiger partial charge in [-0.2, -0.15) is 0 Å². The van der Waals surface area contributed by atoms with Crippen molar-refractivity contribution in [1.82, 2.24) is 10.6 Å². The van der Waals surface area contributed by atoms with Gasteiger partial charge in [0.1, 0.15) is 5.82 Å². The van der Waals surface area contributed by atoms with Crippen LogP contribution in [0.3, 0.4) is 0 Å². The third kappa shape index (κ3) is 6.99. The molecule has 2 rings (SSSR count). The summed E-state index contributed by atoms with van der Waals surface area (Å²) in [6.07, 6.45) is 0.579. The van der Waals surface area contributed by atoms with Crippen molar-refractivity contribution in [2.45, 2.75) is 12.3 Å². The van der Waals surface area contributed by atoms with Crippen LogP contribution in [0.1, 0.15) is 17.0 Å². The number of aliphatic hydroxyl groups is 1. The first-order chi connectivity index (χ1) is 11.7. The van der Waals surface area contributed by atoms with Crippen LogP contribution in [0, 0.1) is 5.82 Å². The Balaban J connectivity index is 0.00000312. The molecule has 0 aliphatic heterocycles. The van der Waals surface area contributed by atoms with Crippen molar-refractivity contribution in [1.29, 1.82) is 0 Å². The summed E-state index contributed by atoms with van der Waals surface area (Å²) in [7, 11) is 1.69. The highest BCUT2D eigenvalue weighted by Crippen LogP contribution is 2.13. The highest BCUT2D eigenvalue weighted by Gasteiger charge is 2.10. The van der Waals surface area contributed by atoms with Crippen molar-refractivity contribution in [3.05, 3.63) is 71.5 Å². The van der Waals surface area contributed by atoms with Crippen molar-refractivity contribution in [3.8, 4) is 0 Å². The van der Waals surface area contributed by atoms with Crippen LogP contribution in [-0.2, 0) is 6.42 Å². The van der Waals surface area contributed by atoms with Gasteiger partial charge in [-0.05, 0) is 23.6 Å². The van der Waals surface area contributed by atoms with Crippen molar-refractivity contribution >= 4 is 29.9 Å². The maximum Gasteiger partial charge on any atom is 0.191 e. The van der Waals surface area contributed by atoms with E-state index in [-0.39, 0.29) is 42.3 Å². The molecule has 0 fully saturated rings. The number of rotatable bonds is 7. The summed E-state index contributed by atoms with van der Waals surface area (Å²) in [5.41, 5.74) is 1.76. The monoisotopic (exact) mass is 457 g/mol. The maximum absolute atomic E-state index is 13.6. The van der Waals surface area contributed by atoms with Crippen LogP contribution in [0.5, 0.6) is 0 Å². The molecule has 0 amide bonds. The molecule has 25 heavy (non-hydrogen) atoms. The summed E-state index contributed by atoms with van der Waals surface area (Å²) >= 11 is 0. The molecule has 2 aromatic rings. The van der Waals surface area contributed by atoms with Crippen LogP contribution in [0.25, 0.3) is 0 Å². The van der Waals surface area contributed by atoms with Crippen LogP contribution >= 0.6 is 24.0 Å². The molecule has 1 unspecified atom stereocenters. The normalized spacial score (nSPS) is 12.2. The lowest BCUT2D eigenvalue weighted by Gasteiger charge is -2.18. The number of guanidine groups is 1. The summed E-state index contributed by atoms with van der Waals surface area (Å²) in [5, 5.41) is 15.9. The fourth-order valence-electron chi connectivity index (χ4n) is 2.47. The number of hydrogen-bond acceptors (Lipinski definition) is 2. The van der Waals surface area contributed by atoms with Crippen LogP contribution < -0.4 is 10.6 Å². The average molecular weight is 457 g/mol. The zero-order chi connectivity index (χ0) is 17.2. The topological polar surface area (TPSA) is 56.7 Å². The van der Waals surface area contributed by atoms with Crippen molar-refractivity contribution in [3.63, 3.8) is 0 Å². The molecule has 0 spiro atoms. The predicted octanol–water partition coefficient (Wildman–Crippen LogP) is 2.93. The predicted molar refractivity (Wildman–Crippen MR) is 111 cm³/mol. The second-order valence-corrected chi connectivity index (χ2v) is 5.51. The molecule has 2 aromatic carbocycles. The minimum atomic E-state index is -0.188. The van der Waals surface area contributed by atoms with Gasteiger partial charge in [-0.15, -0.1) is 24.0 Å². The quantitative estimate of drug-likeness (QED) is 0.341. The fourth-order valence-corrected chi connectivity index (χ4v) is 2.47. The molecule has 0 radical (unpaired) electrons. The molecule has 1 atom stereocenters. The lowest BCUT2D eigenvalue weighted by atomic mass is 10.0. The molecule has 0 saturated heterocycles. The minimum absolute atomic E-state index is 0. The van der Waals surface area contributed by atoms with E-state index in [0.29, 0.717) is 31.0 Å². The van der Waals surface area contributed by atoms with Gasteiger partial charge in [0, 0.05) is 26.1 Å². The highest BCUT2D eigenvalue weighted by molar-refractivity contribution is 14.0. The van der Waals surface area contributed by atoms with E-state index >= 15 is 0 Å². The van der Waals surface area contributed by atoms with E-state index in [1.54, 1.807) is 19.2 Å². The zero-order valence-electron chi connectivity index (χ0n) is 14.3. The largest absolute Gasteiger partial charge is 0.396 e. The van der Waals surface area contributed by atoms with Crippen molar-refractivity contribution < 1.29 is 9.50 Å². The number of aliphatic imine (C=N–C) groups is 1. The summed E-state index contributed by atoms with van der Waals surface area (Å²) < 4.78 is 13.6. The maximum atomic E-state index is 13.6.